The van der Waals surface area contributed by atoms with Gasteiger partial charge in [0.1, 0.15) is 0 Å². The van der Waals surface area contributed by atoms with Crippen LogP contribution in [0.15, 0.2) is 30.3 Å². The van der Waals surface area contributed by atoms with Gasteiger partial charge in [-0.2, -0.15) is 11.8 Å². The lowest BCUT2D eigenvalue weighted by atomic mass is 10.2. The molecular weight excluding hydrogens is 202 g/mol. The van der Waals surface area contributed by atoms with Crippen molar-refractivity contribution in [3.63, 3.8) is 0 Å². The summed E-state index contributed by atoms with van der Waals surface area (Å²) >= 11 is 2.04. The molecule has 1 aromatic carbocycles. The molecule has 1 saturated carbocycles. The van der Waals surface area contributed by atoms with E-state index in [4.69, 9.17) is 0 Å². The fourth-order valence-corrected chi connectivity index (χ4v) is 2.45. The van der Waals surface area contributed by atoms with Crippen LogP contribution < -0.4 is 5.32 Å². The van der Waals surface area contributed by atoms with Gasteiger partial charge in [0.05, 0.1) is 0 Å². The van der Waals surface area contributed by atoms with Gasteiger partial charge < -0.3 is 5.32 Å². The zero-order valence-corrected chi connectivity index (χ0v) is 9.93. The van der Waals surface area contributed by atoms with Gasteiger partial charge in [-0.15, -0.1) is 0 Å². The Hall–Kier alpha value is -0.470. The molecule has 0 bridgehead atoms. The Morgan fingerprint density at radius 2 is 2.00 bits per heavy atom. The minimum Gasteiger partial charge on any atom is -0.314 e. The predicted octanol–water partition coefficient (Wildman–Crippen LogP) is 3.06. The van der Waals surface area contributed by atoms with Crippen LogP contribution in [0.1, 0.15) is 24.8 Å². The van der Waals surface area contributed by atoms with Gasteiger partial charge in [-0.25, -0.2) is 0 Å². The molecule has 1 fully saturated rings. The van der Waals surface area contributed by atoms with Crippen LogP contribution in [-0.2, 0) is 5.75 Å². The van der Waals surface area contributed by atoms with Crippen LogP contribution in [0.25, 0.3) is 0 Å². The van der Waals surface area contributed by atoms with Crippen molar-refractivity contribution in [1.29, 1.82) is 0 Å². The van der Waals surface area contributed by atoms with Crippen molar-refractivity contribution in [2.45, 2.75) is 31.1 Å². The van der Waals surface area contributed by atoms with Crippen molar-refractivity contribution in [2.24, 2.45) is 0 Å². The first-order valence-electron chi connectivity index (χ1n) is 5.80. The molecule has 1 N–H and O–H groups in total. The van der Waals surface area contributed by atoms with Gasteiger partial charge in [0.2, 0.25) is 0 Å². The second-order valence-electron chi connectivity index (χ2n) is 4.12. The molecule has 0 aromatic heterocycles. The molecule has 1 nitrogen and oxygen atoms in total. The molecule has 1 aromatic rings. The summed E-state index contributed by atoms with van der Waals surface area (Å²) in [4.78, 5) is 0. The zero-order chi connectivity index (χ0) is 10.3. The standard InChI is InChI=1S/C13H19NS/c1-2-5-12(6-3-1)11-15-10-4-9-14-13-7-8-13/h1-3,5-6,13-14H,4,7-11H2. The van der Waals surface area contributed by atoms with Gasteiger partial charge in [0, 0.05) is 11.8 Å². The molecule has 2 rings (SSSR count). The Labute approximate surface area is 96.7 Å². The largest absolute Gasteiger partial charge is 0.314 e. The van der Waals surface area contributed by atoms with E-state index in [0.29, 0.717) is 0 Å². The molecule has 0 unspecified atom stereocenters. The monoisotopic (exact) mass is 221 g/mol. The number of benzene rings is 1. The van der Waals surface area contributed by atoms with Crippen molar-refractivity contribution in [3.05, 3.63) is 35.9 Å². The molecule has 0 spiro atoms. The average Bonchev–Trinajstić information content (AvgIpc) is 3.09. The van der Waals surface area contributed by atoms with Crippen LogP contribution in [0, 0.1) is 0 Å². The summed E-state index contributed by atoms with van der Waals surface area (Å²) in [5.74, 6) is 2.43. The van der Waals surface area contributed by atoms with Gasteiger partial charge >= 0.3 is 0 Å². The third kappa shape index (κ3) is 4.72. The van der Waals surface area contributed by atoms with Gasteiger partial charge in [0.25, 0.3) is 0 Å². The van der Waals surface area contributed by atoms with Gasteiger partial charge in [-0.3, -0.25) is 0 Å². The second-order valence-corrected chi connectivity index (χ2v) is 5.23. The van der Waals surface area contributed by atoms with Crippen LogP contribution in [0.3, 0.4) is 0 Å². The number of rotatable bonds is 7. The first kappa shape index (κ1) is 11.0. The van der Waals surface area contributed by atoms with Gasteiger partial charge in [-0.1, -0.05) is 30.3 Å². The highest BCUT2D eigenvalue weighted by molar-refractivity contribution is 7.98. The highest BCUT2D eigenvalue weighted by Crippen LogP contribution is 2.18. The maximum Gasteiger partial charge on any atom is 0.0184 e. The Bertz CT molecular complexity index is 269. The molecular formula is C13H19NS. The highest BCUT2D eigenvalue weighted by atomic mass is 32.2. The van der Waals surface area contributed by atoms with Crippen molar-refractivity contribution in [1.82, 2.24) is 5.32 Å². The Morgan fingerprint density at radius 3 is 2.73 bits per heavy atom. The van der Waals surface area contributed by atoms with Crippen molar-refractivity contribution < 1.29 is 0 Å². The van der Waals surface area contributed by atoms with Gasteiger partial charge in [-0.05, 0) is 37.1 Å². The summed E-state index contributed by atoms with van der Waals surface area (Å²) in [6, 6.07) is 11.6. The number of nitrogens with one attached hydrogen (secondary N) is 1. The fraction of sp³-hybridized carbons (Fsp3) is 0.538. The van der Waals surface area contributed by atoms with E-state index >= 15 is 0 Å². The normalized spacial score (nSPS) is 15.5. The maximum atomic E-state index is 3.54. The molecule has 15 heavy (non-hydrogen) atoms. The van der Waals surface area contributed by atoms with Crippen molar-refractivity contribution >= 4 is 11.8 Å². The minimum atomic E-state index is 0.865. The quantitative estimate of drug-likeness (QED) is 0.710. The van der Waals surface area contributed by atoms with E-state index in [2.05, 4.69) is 35.6 Å². The molecule has 0 saturated heterocycles. The van der Waals surface area contributed by atoms with Crippen LogP contribution in [0.4, 0.5) is 0 Å². The Kier molecular flexibility index (Phi) is 4.55. The predicted molar refractivity (Wildman–Crippen MR) is 68.2 cm³/mol. The molecule has 0 aliphatic heterocycles. The van der Waals surface area contributed by atoms with Crippen LogP contribution >= 0.6 is 11.8 Å². The molecule has 0 atom stereocenters. The lowest BCUT2D eigenvalue weighted by molar-refractivity contribution is 0.674. The van der Waals surface area contributed by atoms with E-state index in [9.17, 15) is 0 Å². The lowest BCUT2D eigenvalue weighted by Crippen LogP contribution is -2.17. The first-order chi connectivity index (χ1) is 7.45. The molecule has 0 heterocycles. The van der Waals surface area contributed by atoms with Crippen molar-refractivity contribution in [3.8, 4) is 0 Å². The van der Waals surface area contributed by atoms with E-state index < -0.39 is 0 Å². The molecule has 82 valence electrons. The molecule has 1 aliphatic rings. The zero-order valence-electron chi connectivity index (χ0n) is 9.11. The van der Waals surface area contributed by atoms with Crippen molar-refractivity contribution in [2.75, 3.05) is 12.3 Å². The van der Waals surface area contributed by atoms with Crippen LogP contribution in [0.5, 0.6) is 0 Å². The summed E-state index contributed by atoms with van der Waals surface area (Å²) in [5.41, 5.74) is 1.44. The van der Waals surface area contributed by atoms with E-state index in [1.54, 1.807) is 0 Å². The van der Waals surface area contributed by atoms with E-state index in [1.165, 1.54) is 37.1 Å². The number of hydrogen-bond donors (Lipinski definition) is 1. The molecule has 0 amide bonds. The number of hydrogen-bond acceptors (Lipinski definition) is 2. The average molecular weight is 221 g/mol. The Morgan fingerprint density at radius 1 is 1.20 bits per heavy atom. The van der Waals surface area contributed by atoms with Crippen LogP contribution in [0.2, 0.25) is 0 Å². The lowest BCUT2D eigenvalue weighted by Gasteiger charge is -2.03. The summed E-state index contributed by atoms with van der Waals surface area (Å²) in [5, 5.41) is 3.54. The molecule has 1 aliphatic carbocycles. The summed E-state index contributed by atoms with van der Waals surface area (Å²) in [7, 11) is 0. The Balaban J connectivity index is 1.47. The highest BCUT2D eigenvalue weighted by Gasteiger charge is 2.19. The minimum absolute atomic E-state index is 0.865. The summed E-state index contributed by atoms with van der Waals surface area (Å²) in [6.07, 6.45) is 4.10. The third-order valence-electron chi connectivity index (χ3n) is 2.59. The number of thioether (sulfide) groups is 1. The van der Waals surface area contributed by atoms with E-state index in [0.717, 1.165) is 11.8 Å². The smallest absolute Gasteiger partial charge is 0.0184 e. The van der Waals surface area contributed by atoms with Crippen LogP contribution in [-0.4, -0.2) is 18.3 Å². The van der Waals surface area contributed by atoms with E-state index in [1.807, 2.05) is 11.8 Å². The second kappa shape index (κ2) is 6.19. The molecule has 0 radical (unpaired) electrons. The first-order valence-corrected chi connectivity index (χ1v) is 6.96. The van der Waals surface area contributed by atoms with Gasteiger partial charge in [0.15, 0.2) is 0 Å². The van der Waals surface area contributed by atoms with E-state index in [-0.39, 0.29) is 0 Å². The topological polar surface area (TPSA) is 12.0 Å². The maximum absolute atomic E-state index is 3.54. The molecule has 2 heteroatoms. The summed E-state index contributed by atoms with van der Waals surface area (Å²) < 4.78 is 0. The fourth-order valence-electron chi connectivity index (χ4n) is 1.53. The SMILES string of the molecule is c1ccc(CSCCCNC2CC2)cc1. The summed E-state index contributed by atoms with van der Waals surface area (Å²) in [6.45, 7) is 1.20. The third-order valence-corrected chi connectivity index (χ3v) is 3.70.